The van der Waals surface area contributed by atoms with E-state index in [1.54, 1.807) is 4.90 Å². The van der Waals surface area contributed by atoms with E-state index >= 15 is 0 Å². The first-order valence-electron chi connectivity index (χ1n) is 8.61. The molecule has 0 bridgehead atoms. The number of pyridine rings is 1. The average molecular weight is 360 g/mol. The van der Waals surface area contributed by atoms with Crippen molar-refractivity contribution in [1.82, 2.24) is 9.88 Å². The van der Waals surface area contributed by atoms with Gasteiger partial charge in [-0.3, -0.25) is 0 Å². The molecule has 1 aromatic carbocycles. The number of aromatic nitrogens is 1. The van der Waals surface area contributed by atoms with Crippen molar-refractivity contribution in [2.75, 3.05) is 18.4 Å². The van der Waals surface area contributed by atoms with Gasteiger partial charge in [-0.2, -0.15) is 0 Å². The zero-order valence-electron chi connectivity index (χ0n) is 14.6. The number of hydrogen-bond donors (Lipinski definition) is 1. The molecule has 2 aliphatic rings. The quantitative estimate of drug-likeness (QED) is 0.874. The average Bonchev–Trinajstić information content (AvgIpc) is 2.97. The first-order valence-corrected chi connectivity index (χ1v) is 8.99. The number of piperidine rings is 1. The fraction of sp³-hybridized carbons (Fsp3) is 0.474. The van der Waals surface area contributed by atoms with E-state index in [4.69, 9.17) is 16.3 Å². The smallest absolute Gasteiger partial charge is 0.410 e. The van der Waals surface area contributed by atoms with Crippen molar-refractivity contribution in [2.24, 2.45) is 11.8 Å². The number of hydrogen-bond acceptors (Lipinski definition) is 4. The number of ether oxygens (including phenoxy) is 1. The monoisotopic (exact) mass is 359 g/mol. The molecule has 3 atom stereocenters. The minimum Gasteiger partial charge on any atom is -0.444 e. The Hall–Kier alpha value is -2.01. The molecule has 1 N–H and O–H groups in total. The van der Waals surface area contributed by atoms with Crippen LogP contribution >= 0.6 is 11.6 Å². The Morgan fingerprint density at radius 1 is 1.28 bits per heavy atom. The van der Waals surface area contributed by atoms with Gasteiger partial charge in [-0.1, -0.05) is 29.8 Å². The Balaban J connectivity index is 1.40. The van der Waals surface area contributed by atoms with E-state index in [9.17, 15) is 4.79 Å². The number of benzene rings is 1. The third kappa shape index (κ3) is 3.25. The van der Waals surface area contributed by atoms with Gasteiger partial charge in [0, 0.05) is 36.4 Å². The van der Waals surface area contributed by atoms with Crippen molar-refractivity contribution in [3.63, 3.8) is 0 Å². The minimum absolute atomic E-state index is 0.222. The van der Waals surface area contributed by atoms with Crippen LogP contribution in [0, 0.1) is 11.8 Å². The zero-order chi connectivity index (χ0) is 17.8. The van der Waals surface area contributed by atoms with Gasteiger partial charge in [0.1, 0.15) is 11.4 Å². The highest BCUT2D eigenvalue weighted by atomic mass is 35.5. The van der Waals surface area contributed by atoms with Crippen LogP contribution in [0.3, 0.4) is 0 Å². The van der Waals surface area contributed by atoms with Gasteiger partial charge in [0.05, 0.1) is 10.5 Å². The summed E-state index contributed by atoms with van der Waals surface area (Å²) in [7, 11) is 0. The van der Waals surface area contributed by atoms with Crippen LogP contribution in [0.5, 0.6) is 0 Å². The summed E-state index contributed by atoms with van der Waals surface area (Å²) in [6.07, 6.45) is -0.222. The van der Waals surface area contributed by atoms with Crippen molar-refractivity contribution in [2.45, 2.75) is 32.4 Å². The van der Waals surface area contributed by atoms with E-state index in [2.05, 4.69) is 10.3 Å². The maximum atomic E-state index is 12.1. The maximum absolute atomic E-state index is 12.1. The first-order chi connectivity index (χ1) is 11.8. The van der Waals surface area contributed by atoms with E-state index in [-0.39, 0.29) is 6.09 Å². The summed E-state index contributed by atoms with van der Waals surface area (Å²) in [5, 5.41) is 5.13. The van der Waals surface area contributed by atoms with Gasteiger partial charge in [0.25, 0.3) is 0 Å². The van der Waals surface area contributed by atoms with E-state index in [0.29, 0.717) is 22.9 Å². The molecular weight excluding hydrogens is 338 g/mol. The van der Waals surface area contributed by atoms with Crippen molar-refractivity contribution in [3.8, 4) is 0 Å². The van der Waals surface area contributed by atoms with Crippen molar-refractivity contribution >= 4 is 34.4 Å². The third-order valence-corrected chi connectivity index (χ3v) is 5.11. The molecular formula is C19H22ClN3O2. The Morgan fingerprint density at radius 3 is 2.64 bits per heavy atom. The second-order valence-corrected chi connectivity index (χ2v) is 8.30. The lowest BCUT2D eigenvalue weighted by Crippen LogP contribution is -2.38. The first kappa shape index (κ1) is 16.5. The molecule has 1 aliphatic heterocycles. The number of likely N-dealkylation sites (tertiary alicyclic amines) is 1. The van der Waals surface area contributed by atoms with Gasteiger partial charge in [-0.05, 0) is 32.9 Å². The predicted molar refractivity (Wildman–Crippen MR) is 99.0 cm³/mol. The normalized spacial score (nSPS) is 25.0. The minimum atomic E-state index is -0.454. The number of para-hydroxylation sites is 1. The number of halogens is 1. The molecule has 2 heterocycles. The number of rotatable bonds is 2. The summed E-state index contributed by atoms with van der Waals surface area (Å²) in [6.45, 7) is 7.11. The lowest BCUT2D eigenvalue weighted by atomic mass is 10.2. The highest BCUT2D eigenvalue weighted by Gasteiger charge is 2.57. The van der Waals surface area contributed by atoms with Crippen molar-refractivity contribution in [3.05, 3.63) is 35.4 Å². The zero-order valence-corrected chi connectivity index (χ0v) is 15.4. The van der Waals surface area contributed by atoms with Gasteiger partial charge >= 0.3 is 6.09 Å². The summed E-state index contributed by atoms with van der Waals surface area (Å²) in [4.78, 5) is 18.6. The van der Waals surface area contributed by atoms with Gasteiger partial charge in [-0.25, -0.2) is 9.78 Å². The predicted octanol–water partition coefficient (Wildman–Crippen LogP) is 4.17. The molecule has 5 nitrogen and oxygen atoms in total. The number of carbonyl (C=O) groups excluding carboxylic acids is 1. The Kier molecular flexibility index (Phi) is 3.80. The molecule has 1 aromatic heterocycles. The van der Waals surface area contributed by atoms with Gasteiger partial charge in [0.15, 0.2) is 0 Å². The topological polar surface area (TPSA) is 54.5 Å². The van der Waals surface area contributed by atoms with Gasteiger partial charge in [0.2, 0.25) is 0 Å². The summed E-state index contributed by atoms with van der Waals surface area (Å²) in [5.41, 5.74) is 0.472. The number of nitrogens with zero attached hydrogens (tertiary/aromatic N) is 2. The van der Waals surface area contributed by atoms with E-state index in [0.717, 1.165) is 29.8 Å². The highest BCUT2D eigenvalue weighted by Crippen LogP contribution is 2.48. The maximum Gasteiger partial charge on any atom is 0.410 e. The number of fused-ring (bicyclic) bond motifs is 2. The summed E-state index contributed by atoms with van der Waals surface area (Å²) in [5.74, 6) is 1.61. The molecule has 6 heteroatoms. The van der Waals surface area contributed by atoms with E-state index in [1.165, 1.54) is 0 Å². The number of amides is 1. The van der Waals surface area contributed by atoms with Crippen LogP contribution in [0.2, 0.25) is 5.02 Å². The second kappa shape index (κ2) is 5.77. The fourth-order valence-corrected chi connectivity index (χ4v) is 3.78. The summed E-state index contributed by atoms with van der Waals surface area (Å²) in [6, 6.07) is 10.2. The molecule has 4 rings (SSSR count). The van der Waals surface area contributed by atoms with E-state index in [1.807, 2.05) is 51.1 Å². The van der Waals surface area contributed by atoms with Crippen molar-refractivity contribution in [1.29, 1.82) is 0 Å². The Bertz CT molecular complexity index is 821. The van der Waals surface area contributed by atoms with Crippen LogP contribution in [0.25, 0.3) is 10.9 Å². The molecule has 2 fully saturated rings. The van der Waals surface area contributed by atoms with Gasteiger partial charge in [-0.15, -0.1) is 0 Å². The second-order valence-electron chi connectivity index (χ2n) is 7.89. The van der Waals surface area contributed by atoms with Crippen LogP contribution < -0.4 is 5.32 Å². The van der Waals surface area contributed by atoms with Crippen LogP contribution in [0.4, 0.5) is 10.6 Å². The van der Waals surface area contributed by atoms with Crippen LogP contribution in [0.15, 0.2) is 30.3 Å². The van der Waals surface area contributed by atoms with E-state index < -0.39 is 5.60 Å². The Morgan fingerprint density at radius 2 is 1.96 bits per heavy atom. The molecule has 2 aromatic rings. The molecule has 1 saturated heterocycles. The number of nitrogens with one attached hydrogen (secondary N) is 1. The lowest BCUT2D eigenvalue weighted by Gasteiger charge is -2.26. The molecule has 0 unspecified atom stereocenters. The molecule has 1 aliphatic carbocycles. The van der Waals surface area contributed by atoms with Gasteiger partial charge < -0.3 is 15.0 Å². The van der Waals surface area contributed by atoms with Crippen molar-refractivity contribution < 1.29 is 9.53 Å². The standard InChI is InChI=1S/C19H22ClN3O2/c1-19(2,3)25-18(24)23-9-12-13(10-23)16(12)22-17-14(20)8-11-6-4-5-7-15(11)21-17/h4-8,12-13,16H,9-10H2,1-3H3,(H,21,22)/t12-,13+,16+. The molecule has 25 heavy (non-hydrogen) atoms. The summed E-state index contributed by atoms with van der Waals surface area (Å²) < 4.78 is 5.44. The molecule has 0 spiro atoms. The fourth-order valence-electron chi connectivity index (χ4n) is 3.57. The number of anilines is 1. The summed E-state index contributed by atoms with van der Waals surface area (Å²) >= 11 is 6.37. The SMILES string of the molecule is CC(C)(C)OC(=O)N1C[C@@H]2[C@H](C1)[C@H]2Nc1nc2ccccc2cc1Cl. The van der Waals surface area contributed by atoms with Crippen LogP contribution in [0.1, 0.15) is 20.8 Å². The molecule has 1 amide bonds. The molecule has 132 valence electrons. The highest BCUT2D eigenvalue weighted by molar-refractivity contribution is 6.33. The largest absolute Gasteiger partial charge is 0.444 e. The molecule has 0 radical (unpaired) electrons. The lowest BCUT2D eigenvalue weighted by molar-refractivity contribution is 0.0272. The number of carbonyl (C=O) groups is 1. The molecule has 1 saturated carbocycles. The van der Waals surface area contributed by atoms with Crippen LogP contribution in [-0.2, 0) is 4.74 Å². The Labute approximate surface area is 152 Å². The van der Waals surface area contributed by atoms with Crippen LogP contribution in [-0.4, -0.2) is 40.7 Å². The third-order valence-electron chi connectivity index (χ3n) is 4.83.